The van der Waals surface area contributed by atoms with E-state index in [-0.39, 0.29) is 0 Å². The molecule has 1 aliphatic heterocycles. The third-order valence-electron chi connectivity index (χ3n) is 4.93. The van der Waals surface area contributed by atoms with Crippen LogP contribution in [-0.2, 0) is 19.5 Å². The summed E-state index contributed by atoms with van der Waals surface area (Å²) in [4.78, 5) is 19.5. The molecule has 1 N–H and O–H groups in total. The summed E-state index contributed by atoms with van der Waals surface area (Å²) < 4.78 is 0. The molecule has 5 nitrogen and oxygen atoms in total. The molecule has 5 heteroatoms. The molecule has 0 bridgehead atoms. The van der Waals surface area contributed by atoms with Crippen molar-refractivity contribution in [1.82, 2.24) is 24.8 Å². The standard InChI is InChI=1S/C17H23N5/c1-2-4-13(5-3-1)17-20-10-14-11-22(9-6-15(14)21-17)12-16-18-7-8-19-16/h7-8,10,13H,1-6,9,11-12H2,(H,18,19). The first-order valence-corrected chi connectivity index (χ1v) is 8.44. The van der Waals surface area contributed by atoms with Crippen molar-refractivity contribution in [2.45, 2.75) is 57.5 Å². The molecule has 4 rings (SSSR count). The zero-order valence-electron chi connectivity index (χ0n) is 13.0. The Labute approximate surface area is 131 Å². The lowest BCUT2D eigenvalue weighted by Gasteiger charge is -2.28. The smallest absolute Gasteiger partial charge is 0.131 e. The number of hydrogen-bond donors (Lipinski definition) is 1. The molecule has 1 fully saturated rings. The average Bonchev–Trinajstić information content (AvgIpc) is 3.08. The molecule has 22 heavy (non-hydrogen) atoms. The van der Waals surface area contributed by atoms with Crippen LogP contribution in [0, 0.1) is 0 Å². The van der Waals surface area contributed by atoms with Crippen LogP contribution >= 0.6 is 0 Å². The summed E-state index contributed by atoms with van der Waals surface area (Å²) in [6.07, 6.45) is 13.4. The number of fused-ring (bicyclic) bond motifs is 1. The minimum atomic E-state index is 0.597. The lowest BCUT2D eigenvalue weighted by atomic mass is 9.88. The first-order chi connectivity index (χ1) is 10.9. The first kappa shape index (κ1) is 13.9. The highest BCUT2D eigenvalue weighted by Gasteiger charge is 2.22. The molecule has 3 heterocycles. The summed E-state index contributed by atoms with van der Waals surface area (Å²) in [5.41, 5.74) is 2.56. The predicted octanol–water partition coefficient (Wildman–Crippen LogP) is 2.81. The minimum Gasteiger partial charge on any atom is -0.348 e. The SMILES string of the molecule is c1c[nH]c(CN2CCc3nc(C4CCCCC4)ncc3C2)n1. The van der Waals surface area contributed by atoms with Gasteiger partial charge in [0.25, 0.3) is 0 Å². The highest BCUT2D eigenvalue weighted by Crippen LogP contribution is 2.31. The van der Waals surface area contributed by atoms with Gasteiger partial charge in [0.2, 0.25) is 0 Å². The zero-order chi connectivity index (χ0) is 14.8. The Bertz CT molecular complexity index is 616. The van der Waals surface area contributed by atoms with E-state index in [1.807, 2.05) is 12.4 Å². The molecular formula is C17H23N5. The third kappa shape index (κ3) is 2.90. The van der Waals surface area contributed by atoms with Crippen LogP contribution < -0.4 is 0 Å². The maximum atomic E-state index is 4.91. The van der Waals surface area contributed by atoms with Crippen molar-refractivity contribution in [3.8, 4) is 0 Å². The number of nitrogens with one attached hydrogen (secondary N) is 1. The maximum absolute atomic E-state index is 4.91. The molecule has 2 aromatic heterocycles. The quantitative estimate of drug-likeness (QED) is 0.946. The summed E-state index contributed by atoms with van der Waals surface area (Å²) >= 11 is 0. The molecular weight excluding hydrogens is 274 g/mol. The van der Waals surface area contributed by atoms with Crippen molar-refractivity contribution in [3.05, 3.63) is 41.5 Å². The van der Waals surface area contributed by atoms with Gasteiger partial charge in [-0.05, 0) is 12.8 Å². The molecule has 2 aliphatic rings. The Morgan fingerprint density at radius 1 is 1.18 bits per heavy atom. The van der Waals surface area contributed by atoms with E-state index < -0.39 is 0 Å². The number of H-pyrrole nitrogens is 1. The van der Waals surface area contributed by atoms with Gasteiger partial charge in [-0.2, -0.15) is 0 Å². The van der Waals surface area contributed by atoms with Crippen molar-refractivity contribution >= 4 is 0 Å². The van der Waals surface area contributed by atoms with Crippen molar-refractivity contribution in [2.24, 2.45) is 0 Å². The van der Waals surface area contributed by atoms with Crippen LogP contribution in [-0.4, -0.2) is 31.4 Å². The third-order valence-corrected chi connectivity index (χ3v) is 4.93. The minimum absolute atomic E-state index is 0.597. The van der Waals surface area contributed by atoms with E-state index in [1.54, 1.807) is 0 Å². The maximum Gasteiger partial charge on any atom is 0.131 e. The summed E-state index contributed by atoms with van der Waals surface area (Å²) in [6.45, 7) is 2.85. The van der Waals surface area contributed by atoms with Gasteiger partial charge in [0, 0.05) is 55.3 Å². The van der Waals surface area contributed by atoms with Gasteiger partial charge in [-0.25, -0.2) is 15.0 Å². The molecule has 1 saturated carbocycles. The molecule has 0 spiro atoms. The Kier molecular flexibility index (Phi) is 3.89. The fourth-order valence-corrected chi connectivity index (χ4v) is 3.68. The Hall–Kier alpha value is -1.75. The number of aromatic nitrogens is 4. The van der Waals surface area contributed by atoms with E-state index in [4.69, 9.17) is 4.98 Å². The largest absolute Gasteiger partial charge is 0.348 e. The van der Waals surface area contributed by atoms with Crippen LogP contribution in [0.2, 0.25) is 0 Å². The second-order valence-corrected chi connectivity index (χ2v) is 6.53. The van der Waals surface area contributed by atoms with E-state index in [9.17, 15) is 0 Å². The molecule has 0 saturated heterocycles. The van der Waals surface area contributed by atoms with E-state index >= 15 is 0 Å². The summed E-state index contributed by atoms with van der Waals surface area (Å²) in [5.74, 6) is 2.72. The van der Waals surface area contributed by atoms with Crippen LogP contribution in [0.3, 0.4) is 0 Å². The second-order valence-electron chi connectivity index (χ2n) is 6.53. The van der Waals surface area contributed by atoms with Gasteiger partial charge in [-0.1, -0.05) is 19.3 Å². The van der Waals surface area contributed by atoms with E-state index in [0.717, 1.165) is 37.7 Å². The van der Waals surface area contributed by atoms with Crippen LogP contribution in [0.25, 0.3) is 0 Å². The highest BCUT2D eigenvalue weighted by molar-refractivity contribution is 5.21. The van der Waals surface area contributed by atoms with E-state index in [1.165, 1.54) is 43.4 Å². The lowest BCUT2D eigenvalue weighted by molar-refractivity contribution is 0.237. The van der Waals surface area contributed by atoms with Gasteiger partial charge in [-0.15, -0.1) is 0 Å². The fourth-order valence-electron chi connectivity index (χ4n) is 3.68. The van der Waals surface area contributed by atoms with Gasteiger partial charge >= 0.3 is 0 Å². The van der Waals surface area contributed by atoms with Gasteiger partial charge in [0.1, 0.15) is 11.6 Å². The Morgan fingerprint density at radius 2 is 2.09 bits per heavy atom. The fraction of sp³-hybridized carbons (Fsp3) is 0.588. The Balaban J connectivity index is 1.46. The summed E-state index contributed by atoms with van der Waals surface area (Å²) in [5, 5.41) is 0. The molecule has 0 radical (unpaired) electrons. The van der Waals surface area contributed by atoms with Crippen molar-refractivity contribution in [1.29, 1.82) is 0 Å². The van der Waals surface area contributed by atoms with Crippen molar-refractivity contribution in [2.75, 3.05) is 6.54 Å². The molecule has 0 amide bonds. The molecule has 0 aromatic carbocycles. The normalized spacial score (nSPS) is 20.0. The van der Waals surface area contributed by atoms with E-state index in [0.29, 0.717) is 5.92 Å². The number of imidazole rings is 1. The van der Waals surface area contributed by atoms with Gasteiger partial charge in [0.15, 0.2) is 0 Å². The average molecular weight is 297 g/mol. The molecule has 0 unspecified atom stereocenters. The number of hydrogen-bond acceptors (Lipinski definition) is 4. The topological polar surface area (TPSA) is 57.7 Å². The van der Waals surface area contributed by atoms with Gasteiger partial charge in [-0.3, -0.25) is 4.90 Å². The van der Waals surface area contributed by atoms with Crippen LogP contribution in [0.4, 0.5) is 0 Å². The monoisotopic (exact) mass is 297 g/mol. The van der Waals surface area contributed by atoms with Crippen LogP contribution in [0.1, 0.15) is 60.9 Å². The predicted molar refractivity (Wildman–Crippen MR) is 84.3 cm³/mol. The first-order valence-electron chi connectivity index (χ1n) is 8.44. The van der Waals surface area contributed by atoms with Crippen LogP contribution in [0.5, 0.6) is 0 Å². The Morgan fingerprint density at radius 3 is 2.91 bits per heavy atom. The molecule has 1 aliphatic carbocycles. The number of rotatable bonds is 3. The van der Waals surface area contributed by atoms with Crippen LogP contribution in [0.15, 0.2) is 18.6 Å². The van der Waals surface area contributed by atoms with Gasteiger partial charge < -0.3 is 4.98 Å². The lowest BCUT2D eigenvalue weighted by Crippen LogP contribution is -2.31. The molecule has 116 valence electrons. The van der Waals surface area contributed by atoms with Crippen molar-refractivity contribution < 1.29 is 0 Å². The molecule has 0 atom stereocenters. The summed E-state index contributed by atoms with van der Waals surface area (Å²) in [6, 6.07) is 0. The second kappa shape index (κ2) is 6.16. The zero-order valence-corrected chi connectivity index (χ0v) is 13.0. The summed E-state index contributed by atoms with van der Waals surface area (Å²) in [7, 11) is 0. The number of nitrogens with zero attached hydrogens (tertiary/aromatic N) is 4. The van der Waals surface area contributed by atoms with Crippen molar-refractivity contribution in [3.63, 3.8) is 0 Å². The van der Waals surface area contributed by atoms with Gasteiger partial charge in [0.05, 0.1) is 6.54 Å². The molecule has 2 aromatic rings. The van der Waals surface area contributed by atoms with E-state index in [2.05, 4.69) is 26.0 Å². The number of aromatic amines is 1. The highest BCUT2D eigenvalue weighted by atomic mass is 15.2.